The number of aliphatic hydroxyl groups is 1. The fraction of sp³-hybridized carbons (Fsp3) is 0.571. The Balaban J connectivity index is 4.24. The summed E-state index contributed by atoms with van der Waals surface area (Å²) in [6.45, 7) is 3.20. The van der Waals surface area contributed by atoms with Gasteiger partial charge in [0.1, 0.15) is 0 Å². The van der Waals surface area contributed by atoms with E-state index in [0.717, 1.165) is 0 Å². The van der Waals surface area contributed by atoms with E-state index >= 15 is 0 Å². The van der Waals surface area contributed by atoms with E-state index in [1.54, 1.807) is 6.92 Å². The number of hydrogen-bond donors (Lipinski definition) is 1. The van der Waals surface area contributed by atoms with Crippen LogP contribution in [0.25, 0.3) is 0 Å². The first-order valence-electron chi connectivity index (χ1n) is 3.06. The van der Waals surface area contributed by atoms with E-state index < -0.39 is 12.1 Å². The molecule has 0 saturated heterocycles. The molecule has 0 aliphatic heterocycles. The Bertz CT molecular complexity index is 147. The van der Waals surface area contributed by atoms with Gasteiger partial charge in [0.2, 0.25) is 0 Å². The van der Waals surface area contributed by atoms with Crippen LogP contribution in [0.15, 0.2) is 11.6 Å². The molecular formula is C7H12O3. The Morgan fingerprint density at radius 3 is 2.30 bits per heavy atom. The molecular weight excluding hydrogens is 132 g/mol. The molecule has 0 heterocycles. The third-order valence-electron chi connectivity index (χ3n) is 1.18. The van der Waals surface area contributed by atoms with Crippen LogP contribution in [-0.4, -0.2) is 24.3 Å². The van der Waals surface area contributed by atoms with Crippen molar-refractivity contribution in [3.8, 4) is 0 Å². The molecule has 0 bridgehead atoms. The van der Waals surface area contributed by atoms with Crippen molar-refractivity contribution in [3.05, 3.63) is 11.6 Å². The van der Waals surface area contributed by atoms with Gasteiger partial charge >= 0.3 is 5.97 Å². The number of esters is 1. The van der Waals surface area contributed by atoms with Gasteiger partial charge in [-0.3, -0.25) is 0 Å². The van der Waals surface area contributed by atoms with Crippen molar-refractivity contribution in [2.75, 3.05) is 7.11 Å². The zero-order valence-electron chi connectivity index (χ0n) is 6.42. The molecule has 3 heteroatoms. The molecule has 0 spiro atoms. The second-order valence-corrected chi connectivity index (χ2v) is 1.91. The standard InChI is InChI=1S/C7H12O3/c1-4-6(5(2)8)7(9)10-3/h4-5,8H,1-3H3/b6-4+/t5-/m0/s1. The summed E-state index contributed by atoms with van der Waals surface area (Å²) in [6, 6.07) is 0. The van der Waals surface area contributed by atoms with E-state index in [1.807, 2.05) is 0 Å². The van der Waals surface area contributed by atoms with Crippen LogP contribution in [0.2, 0.25) is 0 Å². The third kappa shape index (κ3) is 2.19. The molecule has 0 aliphatic rings. The smallest absolute Gasteiger partial charge is 0.336 e. The molecule has 1 atom stereocenters. The normalized spacial score (nSPS) is 14.6. The molecule has 1 N–H and O–H groups in total. The Morgan fingerprint density at radius 1 is 1.70 bits per heavy atom. The maximum atomic E-state index is 10.7. The SMILES string of the molecule is C/C=C(/C(=O)OC)[C@H](C)O. The zero-order valence-corrected chi connectivity index (χ0v) is 6.42. The number of methoxy groups -OCH3 is 1. The van der Waals surface area contributed by atoms with Crippen LogP contribution in [0.1, 0.15) is 13.8 Å². The van der Waals surface area contributed by atoms with E-state index in [-0.39, 0.29) is 0 Å². The average Bonchev–Trinajstić information content (AvgIpc) is 1.88. The molecule has 0 unspecified atom stereocenters. The summed E-state index contributed by atoms with van der Waals surface area (Å²) in [4.78, 5) is 10.7. The maximum absolute atomic E-state index is 10.7. The van der Waals surface area contributed by atoms with Gasteiger partial charge in [0.25, 0.3) is 0 Å². The van der Waals surface area contributed by atoms with Gasteiger partial charge in [-0.2, -0.15) is 0 Å². The van der Waals surface area contributed by atoms with Gasteiger partial charge in [-0.05, 0) is 13.8 Å². The number of allylic oxidation sites excluding steroid dienone is 1. The summed E-state index contributed by atoms with van der Waals surface area (Å²) >= 11 is 0. The Kier molecular flexibility index (Phi) is 3.72. The molecule has 0 aromatic heterocycles. The molecule has 58 valence electrons. The largest absolute Gasteiger partial charge is 0.466 e. The monoisotopic (exact) mass is 144 g/mol. The van der Waals surface area contributed by atoms with E-state index in [2.05, 4.69) is 4.74 Å². The molecule has 0 aromatic rings. The Labute approximate surface area is 60.3 Å². The first kappa shape index (κ1) is 9.17. The Hall–Kier alpha value is -0.830. The van der Waals surface area contributed by atoms with Crippen LogP contribution in [0.3, 0.4) is 0 Å². The highest BCUT2D eigenvalue weighted by atomic mass is 16.5. The fourth-order valence-corrected chi connectivity index (χ4v) is 0.647. The van der Waals surface area contributed by atoms with Gasteiger partial charge in [0, 0.05) is 0 Å². The lowest BCUT2D eigenvalue weighted by atomic mass is 10.1. The Morgan fingerprint density at radius 2 is 2.20 bits per heavy atom. The quantitative estimate of drug-likeness (QED) is 0.453. The van der Waals surface area contributed by atoms with E-state index in [0.29, 0.717) is 5.57 Å². The fourth-order valence-electron chi connectivity index (χ4n) is 0.647. The summed E-state index contributed by atoms with van der Waals surface area (Å²) < 4.78 is 4.40. The second kappa shape index (κ2) is 4.06. The first-order valence-corrected chi connectivity index (χ1v) is 3.06. The number of carbonyl (C=O) groups excluding carboxylic acids is 1. The van der Waals surface area contributed by atoms with Gasteiger partial charge in [0.15, 0.2) is 0 Å². The van der Waals surface area contributed by atoms with E-state index in [4.69, 9.17) is 5.11 Å². The number of hydrogen-bond acceptors (Lipinski definition) is 3. The minimum absolute atomic E-state index is 0.294. The summed E-state index contributed by atoms with van der Waals surface area (Å²) in [7, 11) is 1.29. The minimum atomic E-state index is -0.752. The van der Waals surface area contributed by atoms with Crippen LogP contribution in [0, 0.1) is 0 Å². The van der Waals surface area contributed by atoms with Crippen molar-refractivity contribution in [3.63, 3.8) is 0 Å². The summed E-state index contributed by atoms with van der Waals surface area (Å²) in [5.74, 6) is -0.475. The zero-order chi connectivity index (χ0) is 8.15. The third-order valence-corrected chi connectivity index (χ3v) is 1.18. The molecule has 0 aromatic carbocycles. The second-order valence-electron chi connectivity index (χ2n) is 1.91. The lowest BCUT2D eigenvalue weighted by molar-refractivity contribution is -0.137. The molecule has 10 heavy (non-hydrogen) atoms. The molecule has 0 radical (unpaired) electrons. The van der Waals surface area contributed by atoms with Crippen LogP contribution in [0.4, 0.5) is 0 Å². The van der Waals surface area contributed by atoms with Gasteiger partial charge < -0.3 is 9.84 Å². The number of rotatable bonds is 2. The number of carbonyl (C=O) groups is 1. The lowest BCUT2D eigenvalue weighted by Crippen LogP contribution is -2.15. The average molecular weight is 144 g/mol. The highest BCUT2D eigenvalue weighted by molar-refractivity contribution is 5.89. The number of aliphatic hydroxyl groups excluding tert-OH is 1. The highest BCUT2D eigenvalue weighted by Crippen LogP contribution is 2.02. The first-order chi connectivity index (χ1) is 4.63. The van der Waals surface area contributed by atoms with Gasteiger partial charge in [0.05, 0.1) is 18.8 Å². The van der Waals surface area contributed by atoms with Gasteiger partial charge in [-0.15, -0.1) is 0 Å². The van der Waals surface area contributed by atoms with Crippen molar-refractivity contribution in [1.29, 1.82) is 0 Å². The van der Waals surface area contributed by atoms with Crippen molar-refractivity contribution in [2.24, 2.45) is 0 Å². The van der Waals surface area contributed by atoms with Crippen molar-refractivity contribution in [2.45, 2.75) is 20.0 Å². The van der Waals surface area contributed by atoms with E-state index in [9.17, 15) is 4.79 Å². The predicted octanol–water partition coefficient (Wildman–Crippen LogP) is 0.486. The maximum Gasteiger partial charge on any atom is 0.336 e. The summed E-state index contributed by atoms with van der Waals surface area (Å²) in [6.07, 6.45) is 0.786. The lowest BCUT2D eigenvalue weighted by Gasteiger charge is -2.05. The van der Waals surface area contributed by atoms with Crippen LogP contribution in [-0.2, 0) is 9.53 Å². The van der Waals surface area contributed by atoms with Crippen molar-refractivity contribution in [1.82, 2.24) is 0 Å². The van der Waals surface area contributed by atoms with E-state index in [1.165, 1.54) is 20.1 Å². The topological polar surface area (TPSA) is 46.5 Å². The summed E-state index contributed by atoms with van der Waals surface area (Å²) in [5, 5.41) is 8.94. The molecule has 0 saturated carbocycles. The molecule has 0 amide bonds. The molecule has 0 rings (SSSR count). The minimum Gasteiger partial charge on any atom is -0.466 e. The highest BCUT2D eigenvalue weighted by Gasteiger charge is 2.12. The van der Waals surface area contributed by atoms with Crippen LogP contribution < -0.4 is 0 Å². The van der Waals surface area contributed by atoms with Crippen LogP contribution in [0.5, 0.6) is 0 Å². The number of ether oxygens (including phenoxy) is 1. The summed E-state index contributed by atoms with van der Waals surface area (Å²) in [5.41, 5.74) is 0.294. The predicted molar refractivity (Wildman–Crippen MR) is 37.5 cm³/mol. The van der Waals surface area contributed by atoms with Crippen molar-refractivity contribution < 1.29 is 14.6 Å². The molecule has 3 nitrogen and oxygen atoms in total. The molecule has 0 aliphatic carbocycles. The molecule has 0 fully saturated rings. The van der Waals surface area contributed by atoms with Crippen LogP contribution >= 0.6 is 0 Å². The van der Waals surface area contributed by atoms with Gasteiger partial charge in [-0.25, -0.2) is 4.79 Å². The van der Waals surface area contributed by atoms with Crippen molar-refractivity contribution >= 4 is 5.97 Å². The van der Waals surface area contributed by atoms with Gasteiger partial charge in [-0.1, -0.05) is 6.08 Å².